The topological polar surface area (TPSA) is 66.6 Å². The van der Waals surface area contributed by atoms with Crippen LogP contribution in [0.1, 0.15) is 23.7 Å². The molecule has 0 fully saturated rings. The van der Waals surface area contributed by atoms with Crippen LogP contribution in [-0.4, -0.2) is 35.6 Å². The highest BCUT2D eigenvalue weighted by atomic mass is 35.5. The molecule has 0 radical (unpaired) electrons. The van der Waals surface area contributed by atoms with Gasteiger partial charge in [-0.1, -0.05) is 17.7 Å². The molecule has 1 aromatic carbocycles. The molecule has 1 rings (SSSR count). The highest BCUT2D eigenvalue weighted by molar-refractivity contribution is 6.34. The van der Waals surface area contributed by atoms with Gasteiger partial charge in [0.1, 0.15) is 0 Å². The summed E-state index contributed by atoms with van der Waals surface area (Å²) in [5.41, 5.74) is 6.48. The Morgan fingerprint density at radius 2 is 2.24 bits per heavy atom. The van der Waals surface area contributed by atoms with Gasteiger partial charge in [-0.05, 0) is 25.5 Å². The molecule has 0 aliphatic heterocycles. The number of nitrogens with two attached hydrogens (primary N) is 1. The number of carbonyl (C=O) groups is 1. The van der Waals surface area contributed by atoms with E-state index >= 15 is 0 Å². The summed E-state index contributed by atoms with van der Waals surface area (Å²) in [5.74, 6) is -0.191. The van der Waals surface area contributed by atoms with Gasteiger partial charge in [0.25, 0.3) is 5.91 Å². The maximum atomic E-state index is 12.2. The predicted molar refractivity (Wildman–Crippen MR) is 69.1 cm³/mol. The van der Waals surface area contributed by atoms with Crippen LogP contribution in [0.2, 0.25) is 5.02 Å². The van der Waals surface area contributed by atoms with Crippen molar-refractivity contribution in [3.05, 3.63) is 28.8 Å². The Kier molecular flexibility index (Phi) is 5.25. The fourth-order valence-electron chi connectivity index (χ4n) is 1.59. The van der Waals surface area contributed by atoms with Crippen molar-refractivity contribution in [3.8, 4) is 0 Å². The molecule has 5 heteroatoms. The number of rotatable bonds is 5. The van der Waals surface area contributed by atoms with Gasteiger partial charge in [-0.15, -0.1) is 0 Å². The first-order valence-corrected chi connectivity index (χ1v) is 5.93. The third-order valence-electron chi connectivity index (χ3n) is 2.51. The lowest BCUT2D eigenvalue weighted by Crippen LogP contribution is -2.32. The van der Waals surface area contributed by atoms with Gasteiger partial charge >= 0.3 is 0 Å². The van der Waals surface area contributed by atoms with Crippen molar-refractivity contribution in [2.45, 2.75) is 13.3 Å². The minimum atomic E-state index is -0.191. The number of nitrogen functional groups attached to an aromatic ring is 1. The van der Waals surface area contributed by atoms with Gasteiger partial charge in [0.2, 0.25) is 0 Å². The van der Waals surface area contributed by atoms with E-state index < -0.39 is 0 Å². The van der Waals surface area contributed by atoms with E-state index in [9.17, 15) is 4.79 Å². The molecular weight excluding hydrogens is 240 g/mol. The zero-order valence-corrected chi connectivity index (χ0v) is 10.6. The molecule has 4 nitrogen and oxygen atoms in total. The second-order valence-corrected chi connectivity index (χ2v) is 4.07. The number of hydrogen-bond donors (Lipinski definition) is 2. The Labute approximate surface area is 106 Å². The molecule has 0 aliphatic carbocycles. The summed E-state index contributed by atoms with van der Waals surface area (Å²) in [7, 11) is 0. The van der Waals surface area contributed by atoms with Crippen LogP contribution in [0.4, 0.5) is 5.69 Å². The maximum Gasteiger partial charge on any atom is 0.257 e. The molecule has 0 saturated carbocycles. The summed E-state index contributed by atoms with van der Waals surface area (Å²) in [6.07, 6.45) is 0.546. The molecule has 0 saturated heterocycles. The van der Waals surface area contributed by atoms with E-state index in [0.29, 0.717) is 35.8 Å². The maximum absolute atomic E-state index is 12.2. The highest BCUT2D eigenvalue weighted by Crippen LogP contribution is 2.23. The van der Waals surface area contributed by atoms with Crippen molar-refractivity contribution in [1.82, 2.24) is 4.90 Å². The Balaban J connectivity index is 2.93. The second-order valence-electron chi connectivity index (χ2n) is 3.67. The minimum absolute atomic E-state index is 0.0573. The lowest BCUT2D eigenvalue weighted by Gasteiger charge is -2.21. The molecular formula is C12H17ClN2O2. The van der Waals surface area contributed by atoms with Gasteiger partial charge in [0, 0.05) is 25.4 Å². The van der Waals surface area contributed by atoms with Crippen LogP contribution >= 0.6 is 11.6 Å². The van der Waals surface area contributed by atoms with Crippen molar-refractivity contribution < 1.29 is 9.90 Å². The summed E-state index contributed by atoms with van der Waals surface area (Å²) in [5, 5.41) is 9.14. The predicted octanol–water partition coefficient (Wildman–Crippen LogP) is 1.77. The molecule has 1 amide bonds. The minimum Gasteiger partial charge on any atom is -0.398 e. The first kappa shape index (κ1) is 13.8. The van der Waals surface area contributed by atoms with E-state index in [1.165, 1.54) is 0 Å². The van der Waals surface area contributed by atoms with E-state index in [4.69, 9.17) is 22.4 Å². The summed E-state index contributed by atoms with van der Waals surface area (Å²) in [6, 6.07) is 5.00. The van der Waals surface area contributed by atoms with Gasteiger partial charge in [0.15, 0.2) is 0 Å². The number of carbonyl (C=O) groups excluding carboxylic acids is 1. The number of aliphatic hydroxyl groups is 1. The molecule has 0 aliphatic rings. The Morgan fingerprint density at radius 1 is 1.53 bits per heavy atom. The van der Waals surface area contributed by atoms with E-state index in [2.05, 4.69) is 0 Å². The zero-order valence-electron chi connectivity index (χ0n) is 9.82. The van der Waals surface area contributed by atoms with E-state index in [1.807, 2.05) is 6.92 Å². The van der Waals surface area contributed by atoms with Crippen molar-refractivity contribution >= 4 is 23.2 Å². The fraction of sp³-hybridized carbons (Fsp3) is 0.417. The van der Waals surface area contributed by atoms with Gasteiger partial charge in [-0.25, -0.2) is 0 Å². The third-order valence-corrected chi connectivity index (χ3v) is 2.83. The average molecular weight is 257 g/mol. The summed E-state index contributed by atoms with van der Waals surface area (Å²) < 4.78 is 0. The number of anilines is 1. The second kappa shape index (κ2) is 6.47. The van der Waals surface area contributed by atoms with Crippen molar-refractivity contribution in [2.24, 2.45) is 0 Å². The first-order chi connectivity index (χ1) is 8.11. The number of hydrogen-bond acceptors (Lipinski definition) is 3. The molecule has 17 heavy (non-hydrogen) atoms. The third kappa shape index (κ3) is 3.35. The van der Waals surface area contributed by atoms with E-state index in [0.717, 1.165) is 0 Å². The SMILES string of the molecule is CCN(CCCO)C(=O)c1c(N)cccc1Cl. The quantitative estimate of drug-likeness (QED) is 0.789. The number of halogens is 1. The molecule has 0 aromatic heterocycles. The van der Waals surface area contributed by atoms with Crippen molar-refractivity contribution in [3.63, 3.8) is 0 Å². The van der Waals surface area contributed by atoms with Crippen LogP contribution in [0.15, 0.2) is 18.2 Å². The Morgan fingerprint density at radius 3 is 2.76 bits per heavy atom. The van der Waals surface area contributed by atoms with Gasteiger partial charge < -0.3 is 15.7 Å². The Hall–Kier alpha value is -1.26. The van der Waals surface area contributed by atoms with Crippen LogP contribution in [0.5, 0.6) is 0 Å². The van der Waals surface area contributed by atoms with Gasteiger partial charge in [0.05, 0.1) is 10.6 Å². The molecule has 1 aromatic rings. The molecule has 0 unspecified atom stereocenters. The molecule has 0 atom stereocenters. The van der Waals surface area contributed by atoms with Crippen LogP contribution in [0.25, 0.3) is 0 Å². The Bertz CT molecular complexity index is 376. The lowest BCUT2D eigenvalue weighted by molar-refractivity contribution is 0.0755. The van der Waals surface area contributed by atoms with Crippen LogP contribution < -0.4 is 5.73 Å². The number of aliphatic hydroxyl groups excluding tert-OH is 1. The van der Waals surface area contributed by atoms with Crippen LogP contribution in [0, 0.1) is 0 Å². The normalized spacial score (nSPS) is 10.3. The van der Waals surface area contributed by atoms with Gasteiger partial charge in [-0.3, -0.25) is 4.79 Å². The number of nitrogens with zero attached hydrogens (tertiary/aromatic N) is 1. The smallest absolute Gasteiger partial charge is 0.257 e. The molecule has 0 bridgehead atoms. The lowest BCUT2D eigenvalue weighted by atomic mass is 10.1. The van der Waals surface area contributed by atoms with Crippen LogP contribution in [-0.2, 0) is 0 Å². The summed E-state index contributed by atoms with van der Waals surface area (Å²) in [4.78, 5) is 13.8. The standard InChI is InChI=1S/C12H17ClN2O2/c1-2-15(7-4-8-16)12(17)11-9(13)5-3-6-10(11)14/h3,5-6,16H,2,4,7-8,14H2,1H3. The van der Waals surface area contributed by atoms with Crippen molar-refractivity contribution in [2.75, 3.05) is 25.4 Å². The van der Waals surface area contributed by atoms with Gasteiger partial charge in [-0.2, -0.15) is 0 Å². The monoisotopic (exact) mass is 256 g/mol. The molecule has 94 valence electrons. The van der Waals surface area contributed by atoms with Crippen molar-refractivity contribution in [1.29, 1.82) is 0 Å². The summed E-state index contributed by atoms with van der Waals surface area (Å²) >= 11 is 5.98. The largest absolute Gasteiger partial charge is 0.398 e. The highest BCUT2D eigenvalue weighted by Gasteiger charge is 2.19. The first-order valence-electron chi connectivity index (χ1n) is 5.56. The molecule has 0 spiro atoms. The average Bonchev–Trinajstić information content (AvgIpc) is 2.30. The van der Waals surface area contributed by atoms with Crippen LogP contribution in [0.3, 0.4) is 0 Å². The van der Waals surface area contributed by atoms with E-state index in [1.54, 1.807) is 23.1 Å². The summed E-state index contributed by atoms with van der Waals surface area (Å²) in [6.45, 7) is 2.99. The molecule has 3 N–H and O–H groups in total. The number of benzene rings is 1. The molecule has 0 heterocycles. The zero-order chi connectivity index (χ0) is 12.8. The van der Waals surface area contributed by atoms with E-state index in [-0.39, 0.29) is 12.5 Å². The fourth-order valence-corrected chi connectivity index (χ4v) is 1.85. The number of amides is 1.